The molecule has 10 heteroatoms. The van der Waals surface area contributed by atoms with Crippen LogP contribution in [0, 0.1) is 6.92 Å². The molecule has 3 rings (SSSR count). The number of nitrogens with zero attached hydrogens (tertiary/aromatic N) is 2. The fourth-order valence-electron chi connectivity index (χ4n) is 2.57. The molecular weight excluding hydrogens is 367 g/mol. The number of nitrogens with one attached hydrogen (secondary N) is 1. The average molecular weight is 383 g/mol. The number of alkyl halides is 3. The molecule has 0 saturated carbocycles. The molecular formula is C17H16F3N3O4. The number of aryl methyl sites for hydroxylation is 2. The normalized spacial score (nSPS) is 15.3. The predicted molar refractivity (Wildman–Crippen MR) is 88.5 cm³/mol. The lowest BCUT2D eigenvalue weighted by Gasteiger charge is -2.14. The fraction of sp³-hybridized carbons (Fsp3) is 0.294. The monoisotopic (exact) mass is 383 g/mol. The molecule has 2 aromatic rings. The van der Waals surface area contributed by atoms with Crippen LogP contribution in [0.3, 0.4) is 0 Å². The summed E-state index contributed by atoms with van der Waals surface area (Å²) in [6.07, 6.45) is -3.02. The van der Waals surface area contributed by atoms with E-state index in [4.69, 9.17) is 15.0 Å². The number of carbonyl (C=O) groups is 2. The Bertz CT molecular complexity index is 838. The molecule has 1 heterocycles. The van der Waals surface area contributed by atoms with Gasteiger partial charge in [0.15, 0.2) is 5.69 Å². The summed E-state index contributed by atoms with van der Waals surface area (Å²) in [5.74, 6) is -3.22. The zero-order valence-electron chi connectivity index (χ0n) is 14.1. The molecule has 7 nitrogen and oxygen atoms in total. The Morgan fingerprint density at radius 3 is 2.33 bits per heavy atom. The highest BCUT2D eigenvalue weighted by atomic mass is 19.4. The first-order valence-electron chi connectivity index (χ1n) is 7.81. The quantitative estimate of drug-likeness (QED) is 0.746. The smallest absolute Gasteiger partial charge is 0.476 e. The minimum absolute atomic E-state index is 0.0433. The van der Waals surface area contributed by atoms with Gasteiger partial charge in [-0.15, -0.1) is 10.2 Å². The number of aromatic carboxylic acids is 1. The van der Waals surface area contributed by atoms with Crippen molar-refractivity contribution in [2.45, 2.75) is 32.0 Å². The second-order valence-electron chi connectivity index (χ2n) is 5.85. The molecule has 1 aromatic heterocycles. The van der Waals surface area contributed by atoms with Crippen molar-refractivity contribution in [3.63, 3.8) is 0 Å². The van der Waals surface area contributed by atoms with Crippen molar-refractivity contribution >= 4 is 17.8 Å². The van der Waals surface area contributed by atoms with Crippen molar-refractivity contribution in [3.8, 4) is 0 Å². The lowest BCUT2D eigenvalue weighted by atomic mass is 10.1. The first-order chi connectivity index (χ1) is 12.6. The summed E-state index contributed by atoms with van der Waals surface area (Å²) in [5, 5.41) is 26.8. The van der Waals surface area contributed by atoms with Gasteiger partial charge < -0.3 is 15.5 Å². The van der Waals surface area contributed by atoms with Gasteiger partial charge in [0, 0.05) is 0 Å². The number of carboxylic acids is 2. The van der Waals surface area contributed by atoms with E-state index in [2.05, 4.69) is 40.6 Å². The van der Waals surface area contributed by atoms with Crippen LogP contribution in [0.15, 0.2) is 30.3 Å². The summed E-state index contributed by atoms with van der Waals surface area (Å²) in [5.41, 5.74) is 3.86. The van der Waals surface area contributed by atoms with E-state index in [0.717, 1.165) is 12.8 Å². The van der Waals surface area contributed by atoms with Crippen molar-refractivity contribution in [2.75, 3.05) is 5.32 Å². The van der Waals surface area contributed by atoms with E-state index < -0.39 is 18.1 Å². The van der Waals surface area contributed by atoms with Crippen LogP contribution in [0.2, 0.25) is 0 Å². The molecule has 1 aliphatic rings. The molecule has 1 unspecified atom stereocenters. The van der Waals surface area contributed by atoms with Gasteiger partial charge in [-0.05, 0) is 43.0 Å². The van der Waals surface area contributed by atoms with Crippen LogP contribution in [-0.2, 0) is 11.2 Å². The molecule has 3 N–H and O–H groups in total. The Morgan fingerprint density at radius 2 is 1.81 bits per heavy atom. The molecule has 1 atom stereocenters. The molecule has 0 amide bonds. The third-order valence-corrected chi connectivity index (χ3v) is 3.83. The standard InChI is InChI=1S/C15H15N3O2.C2HF3O2/c1-9-2-3-10-4-5-12(11(10)8-9)16-14-7-6-13(15(19)20)17-18-14;3-2(4,5)1(6)7/h2-3,6-8,12H,4-5H2,1H3,(H,16,18)(H,19,20);(H,6,7). The van der Waals surface area contributed by atoms with Gasteiger partial charge >= 0.3 is 18.1 Å². The zero-order valence-corrected chi connectivity index (χ0v) is 14.1. The molecule has 0 aliphatic heterocycles. The van der Waals surface area contributed by atoms with Gasteiger partial charge in [-0.25, -0.2) is 9.59 Å². The maximum atomic E-state index is 10.7. The van der Waals surface area contributed by atoms with E-state index in [-0.39, 0.29) is 11.7 Å². The third kappa shape index (κ3) is 5.40. The number of benzene rings is 1. The Morgan fingerprint density at radius 1 is 1.15 bits per heavy atom. The van der Waals surface area contributed by atoms with Gasteiger partial charge in [0.1, 0.15) is 5.82 Å². The Balaban J connectivity index is 0.000000321. The molecule has 0 bridgehead atoms. The van der Waals surface area contributed by atoms with E-state index in [1.807, 2.05) is 0 Å². The SMILES string of the molecule is Cc1ccc2c(c1)C(Nc1ccc(C(=O)O)nn1)CC2.O=C(O)C(F)(F)F. The molecule has 0 radical (unpaired) electrons. The number of rotatable bonds is 3. The van der Waals surface area contributed by atoms with Crippen molar-refractivity contribution < 1.29 is 33.0 Å². The Hall–Kier alpha value is -3.17. The van der Waals surface area contributed by atoms with E-state index in [0.29, 0.717) is 5.82 Å². The number of carboxylic acid groups (broad SMARTS) is 2. The van der Waals surface area contributed by atoms with Gasteiger partial charge in [0.2, 0.25) is 0 Å². The van der Waals surface area contributed by atoms with Crippen LogP contribution in [0.25, 0.3) is 0 Å². The van der Waals surface area contributed by atoms with Crippen LogP contribution in [0.1, 0.15) is 39.6 Å². The second kappa shape index (κ2) is 8.02. The maximum absolute atomic E-state index is 10.7. The van der Waals surface area contributed by atoms with Gasteiger partial charge in [0.05, 0.1) is 6.04 Å². The van der Waals surface area contributed by atoms with Crippen LogP contribution in [-0.4, -0.2) is 38.5 Å². The van der Waals surface area contributed by atoms with Crippen LogP contribution in [0.4, 0.5) is 19.0 Å². The van der Waals surface area contributed by atoms with Gasteiger partial charge in [-0.1, -0.05) is 23.8 Å². The maximum Gasteiger partial charge on any atom is 0.490 e. The lowest BCUT2D eigenvalue weighted by Crippen LogP contribution is -2.21. The first-order valence-corrected chi connectivity index (χ1v) is 7.81. The summed E-state index contributed by atoms with van der Waals surface area (Å²) < 4.78 is 31.7. The van der Waals surface area contributed by atoms with Crippen LogP contribution < -0.4 is 5.32 Å². The van der Waals surface area contributed by atoms with E-state index >= 15 is 0 Å². The molecule has 144 valence electrons. The molecule has 27 heavy (non-hydrogen) atoms. The van der Waals surface area contributed by atoms with Crippen molar-refractivity contribution in [2.24, 2.45) is 0 Å². The molecule has 0 saturated heterocycles. The second-order valence-corrected chi connectivity index (χ2v) is 5.85. The summed E-state index contributed by atoms with van der Waals surface area (Å²) in [7, 11) is 0. The summed E-state index contributed by atoms with van der Waals surface area (Å²) in [6.45, 7) is 2.08. The average Bonchev–Trinajstić information content (AvgIpc) is 2.97. The molecule has 0 spiro atoms. The van der Waals surface area contributed by atoms with Gasteiger partial charge in [-0.3, -0.25) is 0 Å². The lowest BCUT2D eigenvalue weighted by molar-refractivity contribution is -0.192. The van der Waals surface area contributed by atoms with E-state index in [1.165, 1.54) is 22.8 Å². The fourth-order valence-corrected chi connectivity index (χ4v) is 2.57. The van der Waals surface area contributed by atoms with Crippen LogP contribution >= 0.6 is 0 Å². The number of aliphatic carboxylic acids is 1. The topological polar surface area (TPSA) is 112 Å². The highest BCUT2D eigenvalue weighted by Crippen LogP contribution is 2.33. The largest absolute Gasteiger partial charge is 0.490 e. The first kappa shape index (κ1) is 20.1. The van der Waals surface area contributed by atoms with Gasteiger partial charge in [0.25, 0.3) is 0 Å². The van der Waals surface area contributed by atoms with Gasteiger partial charge in [-0.2, -0.15) is 13.2 Å². The summed E-state index contributed by atoms with van der Waals surface area (Å²) >= 11 is 0. The van der Waals surface area contributed by atoms with E-state index in [1.54, 1.807) is 6.07 Å². The Labute approximate surface area is 151 Å². The van der Waals surface area contributed by atoms with E-state index in [9.17, 15) is 18.0 Å². The summed E-state index contributed by atoms with van der Waals surface area (Å²) in [6, 6.07) is 9.83. The Kier molecular flexibility index (Phi) is 5.98. The van der Waals surface area contributed by atoms with Crippen LogP contribution in [0.5, 0.6) is 0 Å². The number of anilines is 1. The third-order valence-electron chi connectivity index (χ3n) is 3.83. The minimum atomic E-state index is -5.08. The number of aromatic nitrogens is 2. The van der Waals surface area contributed by atoms with Crippen molar-refractivity contribution in [1.29, 1.82) is 0 Å². The highest BCUT2D eigenvalue weighted by Gasteiger charge is 2.38. The number of halogens is 3. The number of hydrogen-bond donors (Lipinski definition) is 3. The minimum Gasteiger partial charge on any atom is -0.476 e. The molecule has 1 aromatic carbocycles. The number of fused-ring (bicyclic) bond motifs is 1. The highest BCUT2D eigenvalue weighted by molar-refractivity contribution is 5.85. The molecule has 0 fully saturated rings. The zero-order chi connectivity index (χ0) is 20.2. The summed E-state index contributed by atoms with van der Waals surface area (Å²) in [4.78, 5) is 19.6. The van der Waals surface area contributed by atoms with Crippen molar-refractivity contribution in [3.05, 3.63) is 52.7 Å². The van der Waals surface area contributed by atoms with Crippen molar-refractivity contribution in [1.82, 2.24) is 10.2 Å². The predicted octanol–water partition coefficient (Wildman–Crippen LogP) is 3.22. The molecule has 1 aliphatic carbocycles. The number of hydrogen-bond acceptors (Lipinski definition) is 5.